The van der Waals surface area contributed by atoms with E-state index in [-0.39, 0.29) is 38.5 Å². The summed E-state index contributed by atoms with van der Waals surface area (Å²) in [5, 5.41) is 5.15. The molecule has 0 heterocycles. The van der Waals surface area contributed by atoms with Gasteiger partial charge in [0.05, 0.1) is 11.4 Å². The molecule has 1 aromatic carbocycles. The second kappa shape index (κ2) is 7.20. The molecule has 0 fully saturated rings. The Bertz CT molecular complexity index is 843. The van der Waals surface area contributed by atoms with E-state index in [1.165, 1.54) is 27.7 Å². The highest BCUT2D eigenvalue weighted by Gasteiger charge is 2.26. The zero-order valence-electron chi connectivity index (χ0n) is 14.9. The predicted molar refractivity (Wildman–Crippen MR) is 97.4 cm³/mol. The molecule has 0 bridgehead atoms. The Labute approximate surface area is 147 Å². The van der Waals surface area contributed by atoms with Crippen molar-refractivity contribution < 1.29 is 22.6 Å². The van der Waals surface area contributed by atoms with Crippen LogP contribution in [0.2, 0.25) is 0 Å². The van der Waals surface area contributed by atoms with Gasteiger partial charge in [-0.15, -0.1) is 0 Å². The van der Waals surface area contributed by atoms with Crippen LogP contribution in [0.5, 0.6) is 0 Å². The Balaban J connectivity index is 3.78. The number of hydrogen-bond donors (Lipinski definition) is 3. The number of benzene rings is 1. The first kappa shape index (κ1) is 20.6. The quantitative estimate of drug-likeness (QED) is 0.548. The van der Waals surface area contributed by atoms with Crippen LogP contribution < -0.4 is 10.6 Å². The fourth-order valence-electron chi connectivity index (χ4n) is 2.40. The molecule has 2 amide bonds. The lowest BCUT2D eigenvalue weighted by atomic mass is 10.0. The first-order chi connectivity index (χ1) is 11.3. The molecule has 0 aliphatic rings. The van der Waals surface area contributed by atoms with Gasteiger partial charge in [-0.05, 0) is 51.3 Å². The number of rotatable bonds is 5. The summed E-state index contributed by atoms with van der Waals surface area (Å²) in [5.41, 5.74) is 1.60. The van der Waals surface area contributed by atoms with Gasteiger partial charge in [0.2, 0.25) is 0 Å². The summed E-state index contributed by atoms with van der Waals surface area (Å²) in [5.74, 6) is -1.01. The molecule has 0 unspecified atom stereocenters. The highest BCUT2D eigenvalue weighted by Crippen LogP contribution is 2.37. The van der Waals surface area contributed by atoms with Crippen LogP contribution in [0.25, 0.3) is 0 Å². The van der Waals surface area contributed by atoms with E-state index in [1.54, 1.807) is 6.92 Å². The molecule has 0 aliphatic carbocycles. The van der Waals surface area contributed by atoms with Crippen LogP contribution in [0.3, 0.4) is 0 Å². The maximum atomic E-state index is 12.0. The number of carbonyl (C=O) groups excluding carboxylic acids is 2. The van der Waals surface area contributed by atoms with Crippen LogP contribution in [0.4, 0.5) is 11.4 Å². The topological polar surface area (TPSA) is 113 Å². The number of anilines is 2. The normalized spacial score (nSPS) is 11.0. The van der Waals surface area contributed by atoms with Crippen LogP contribution in [0.1, 0.15) is 30.5 Å². The Hall–Kier alpha value is -2.45. The molecule has 0 saturated carbocycles. The summed E-state index contributed by atoms with van der Waals surface area (Å²) in [6.45, 7) is 14.6. The fraction of sp³-hybridized carbons (Fsp3) is 0.294. The van der Waals surface area contributed by atoms with Crippen molar-refractivity contribution in [3.05, 3.63) is 41.0 Å². The van der Waals surface area contributed by atoms with Gasteiger partial charge in [0.15, 0.2) is 0 Å². The minimum absolute atomic E-state index is 0.167. The fourth-order valence-corrected chi connectivity index (χ4v) is 3.38. The Morgan fingerprint density at radius 1 is 0.840 bits per heavy atom. The molecular weight excluding hydrogens is 344 g/mol. The van der Waals surface area contributed by atoms with Gasteiger partial charge in [-0.25, -0.2) is 0 Å². The van der Waals surface area contributed by atoms with Crippen LogP contribution >= 0.6 is 0 Å². The molecule has 7 nitrogen and oxygen atoms in total. The summed E-state index contributed by atoms with van der Waals surface area (Å²) in [6, 6.07) is 0. The lowest BCUT2D eigenvalue weighted by Crippen LogP contribution is -2.20. The van der Waals surface area contributed by atoms with Gasteiger partial charge in [0.1, 0.15) is 4.90 Å². The first-order valence-corrected chi connectivity index (χ1v) is 8.78. The Kier molecular flexibility index (Phi) is 5.93. The van der Waals surface area contributed by atoms with E-state index in [2.05, 4.69) is 23.8 Å². The van der Waals surface area contributed by atoms with E-state index in [9.17, 15) is 22.6 Å². The second-order valence-electron chi connectivity index (χ2n) is 5.90. The molecule has 0 spiro atoms. The number of carbonyl (C=O) groups is 2. The SMILES string of the molecule is C=C(C)C(=O)Nc1c(C)c(NC(=O)C(=C)C)c(C)c(S(=O)(=O)O)c1C. The monoisotopic (exact) mass is 366 g/mol. The third-order valence-corrected chi connectivity index (χ3v) is 4.82. The Morgan fingerprint density at radius 3 is 1.40 bits per heavy atom. The number of amides is 2. The van der Waals surface area contributed by atoms with E-state index in [0.717, 1.165) is 0 Å². The molecule has 0 aromatic heterocycles. The van der Waals surface area contributed by atoms with Gasteiger partial charge >= 0.3 is 0 Å². The predicted octanol–water partition coefficient (Wildman–Crippen LogP) is 2.89. The van der Waals surface area contributed by atoms with Crippen molar-refractivity contribution >= 4 is 33.3 Å². The van der Waals surface area contributed by atoms with Crippen molar-refractivity contribution in [3.8, 4) is 0 Å². The third-order valence-electron chi connectivity index (χ3n) is 3.69. The average Bonchev–Trinajstić information content (AvgIpc) is 2.45. The van der Waals surface area contributed by atoms with Crippen molar-refractivity contribution in [1.29, 1.82) is 0 Å². The van der Waals surface area contributed by atoms with Gasteiger partial charge < -0.3 is 10.6 Å². The van der Waals surface area contributed by atoms with Crippen molar-refractivity contribution in [3.63, 3.8) is 0 Å². The minimum Gasteiger partial charge on any atom is -0.322 e. The molecule has 1 aromatic rings. The number of nitrogens with one attached hydrogen (secondary N) is 2. The first-order valence-electron chi connectivity index (χ1n) is 7.34. The van der Waals surface area contributed by atoms with Gasteiger partial charge in [0.25, 0.3) is 21.9 Å². The summed E-state index contributed by atoms with van der Waals surface area (Å²) in [4.78, 5) is 23.6. The summed E-state index contributed by atoms with van der Waals surface area (Å²) < 4.78 is 33.2. The smallest absolute Gasteiger partial charge is 0.295 e. The zero-order chi connectivity index (χ0) is 19.7. The molecule has 25 heavy (non-hydrogen) atoms. The molecule has 136 valence electrons. The maximum Gasteiger partial charge on any atom is 0.295 e. The molecule has 0 saturated heterocycles. The van der Waals surface area contributed by atoms with Crippen LogP contribution in [0, 0.1) is 20.8 Å². The lowest BCUT2D eigenvalue weighted by Gasteiger charge is -2.21. The molecule has 0 radical (unpaired) electrons. The minimum atomic E-state index is -4.59. The van der Waals surface area contributed by atoms with Crippen LogP contribution in [0.15, 0.2) is 29.2 Å². The summed E-state index contributed by atoms with van der Waals surface area (Å²) in [7, 11) is -4.59. The van der Waals surface area contributed by atoms with Crippen molar-refractivity contribution in [1.82, 2.24) is 0 Å². The summed E-state index contributed by atoms with van der Waals surface area (Å²) >= 11 is 0. The highest BCUT2D eigenvalue weighted by molar-refractivity contribution is 7.86. The van der Waals surface area contributed by atoms with Gasteiger partial charge in [0, 0.05) is 11.1 Å². The van der Waals surface area contributed by atoms with E-state index >= 15 is 0 Å². The van der Waals surface area contributed by atoms with Crippen molar-refractivity contribution in [2.24, 2.45) is 0 Å². The van der Waals surface area contributed by atoms with Gasteiger partial charge in [-0.2, -0.15) is 8.42 Å². The Morgan fingerprint density at radius 2 is 1.16 bits per heavy atom. The van der Waals surface area contributed by atoms with E-state index in [1.807, 2.05) is 0 Å². The lowest BCUT2D eigenvalue weighted by molar-refractivity contribution is -0.113. The molecular formula is C17H22N2O5S. The molecule has 8 heteroatoms. The average molecular weight is 366 g/mol. The maximum absolute atomic E-state index is 12.0. The molecule has 1 rings (SSSR count). The van der Waals surface area contributed by atoms with Gasteiger partial charge in [-0.1, -0.05) is 13.2 Å². The van der Waals surface area contributed by atoms with E-state index in [0.29, 0.717) is 5.56 Å². The standard InChI is InChI=1S/C17H22N2O5S/c1-8(2)16(20)18-13-10(5)14(19-17(21)9(3)4)12(7)15(11(13)6)25(22,23)24/h1,3H2,2,4-7H3,(H,18,20)(H,19,21)(H,22,23,24). The molecule has 0 atom stereocenters. The summed E-state index contributed by atoms with van der Waals surface area (Å²) in [6.07, 6.45) is 0. The highest BCUT2D eigenvalue weighted by atomic mass is 32.2. The third kappa shape index (κ3) is 4.34. The largest absolute Gasteiger partial charge is 0.322 e. The van der Waals surface area contributed by atoms with Crippen LogP contribution in [-0.2, 0) is 19.7 Å². The van der Waals surface area contributed by atoms with Gasteiger partial charge in [-0.3, -0.25) is 14.1 Å². The van der Waals surface area contributed by atoms with E-state index in [4.69, 9.17) is 0 Å². The molecule has 0 aliphatic heterocycles. The number of hydrogen-bond acceptors (Lipinski definition) is 4. The van der Waals surface area contributed by atoms with E-state index < -0.39 is 21.9 Å². The van der Waals surface area contributed by atoms with Crippen LogP contribution in [-0.4, -0.2) is 24.8 Å². The molecule has 3 N–H and O–H groups in total. The van der Waals surface area contributed by atoms with Crippen molar-refractivity contribution in [2.45, 2.75) is 39.5 Å². The second-order valence-corrected chi connectivity index (χ2v) is 7.26. The zero-order valence-corrected chi connectivity index (χ0v) is 15.7. The van der Waals surface area contributed by atoms with Crippen molar-refractivity contribution in [2.75, 3.05) is 10.6 Å².